The molecule has 0 bridgehead atoms. The molecule has 35 heavy (non-hydrogen) atoms. The van der Waals surface area contributed by atoms with E-state index in [9.17, 15) is 4.79 Å². The Balaban J connectivity index is 1.42. The molecule has 4 aromatic rings. The van der Waals surface area contributed by atoms with Crippen LogP contribution in [0, 0.1) is 13.8 Å². The van der Waals surface area contributed by atoms with Gasteiger partial charge in [0.15, 0.2) is 5.82 Å². The summed E-state index contributed by atoms with van der Waals surface area (Å²) in [6.07, 6.45) is 7.54. The summed E-state index contributed by atoms with van der Waals surface area (Å²) < 4.78 is 6.01. The molecule has 3 aromatic heterocycles. The molecule has 0 N–H and O–H groups in total. The van der Waals surface area contributed by atoms with Gasteiger partial charge in [-0.05, 0) is 57.4 Å². The molecule has 1 aliphatic rings. The molecule has 176 valence electrons. The van der Waals surface area contributed by atoms with Crippen molar-refractivity contribution in [3.63, 3.8) is 0 Å². The van der Waals surface area contributed by atoms with Gasteiger partial charge in [-0.15, -0.1) is 0 Å². The summed E-state index contributed by atoms with van der Waals surface area (Å²) in [5.41, 5.74) is 3.75. The van der Waals surface area contributed by atoms with Crippen molar-refractivity contribution in [3.8, 4) is 22.9 Å². The fourth-order valence-electron chi connectivity index (χ4n) is 4.23. The number of hydrogen-bond acceptors (Lipinski definition) is 7. The highest BCUT2D eigenvalue weighted by molar-refractivity contribution is 5.93. The van der Waals surface area contributed by atoms with Gasteiger partial charge >= 0.3 is 0 Å². The Bertz CT molecular complexity index is 1330. The Morgan fingerprint density at radius 3 is 2.57 bits per heavy atom. The van der Waals surface area contributed by atoms with Crippen LogP contribution in [0.3, 0.4) is 0 Å². The second-order valence-corrected chi connectivity index (χ2v) is 8.67. The third-order valence-electron chi connectivity index (χ3n) is 5.98. The van der Waals surface area contributed by atoms with E-state index in [1.54, 1.807) is 18.5 Å². The Hall–Kier alpha value is -4.20. The third kappa shape index (κ3) is 5.16. The zero-order valence-corrected chi connectivity index (χ0v) is 19.8. The standard InChI is InChI=1S/C27H26N6O2/c1-18-9-11-21(12-10-18)35-25-14-19(2)30-26(32-25)24-8-3-4-13-33(24)27(34)23-7-5-6-22(31-23)20-15-28-17-29-16-20/h5-7,9-12,14-17,24H,3-4,8,13H2,1-2H3/t24-/m1/s1. The normalized spacial score (nSPS) is 15.6. The van der Waals surface area contributed by atoms with Gasteiger partial charge in [0.1, 0.15) is 17.8 Å². The lowest BCUT2D eigenvalue weighted by Crippen LogP contribution is -2.39. The van der Waals surface area contributed by atoms with Crippen LogP contribution in [0.25, 0.3) is 11.3 Å². The maximum absolute atomic E-state index is 13.6. The smallest absolute Gasteiger partial charge is 0.273 e. The van der Waals surface area contributed by atoms with Crippen molar-refractivity contribution in [2.24, 2.45) is 0 Å². The maximum Gasteiger partial charge on any atom is 0.273 e. The molecule has 5 rings (SSSR count). The van der Waals surface area contributed by atoms with E-state index in [0.29, 0.717) is 35.4 Å². The van der Waals surface area contributed by atoms with Crippen LogP contribution in [0.1, 0.15) is 52.9 Å². The number of nitrogens with zero attached hydrogens (tertiary/aromatic N) is 6. The van der Waals surface area contributed by atoms with Crippen molar-refractivity contribution in [1.82, 2.24) is 29.8 Å². The van der Waals surface area contributed by atoms with Gasteiger partial charge < -0.3 is 9.64 Å². The van der Waals surface area contributed by atoms with Gasteiger partial charge in [0.05, 0.1) is 11.7 Å². The minimum Gasteiger partial charge on any atom is -0.439 e. The monoisotopic (exact) mass is 466 g/mol. The first kappa shape index (κ1) is 22.6. The van der Waals surface area contributed by atoms with Crippen molar-refractivity contribution >= 4 is 5.91 Å². The fraction of sp³-hybridized carbons (Fsp3) is 0.259. The molecule has 1 fully saturated rings. The van der Waals surface area contributed by atoms with E-state index in [1.165, 1.54) is 6.33 Å². The first-order valence-electron chi connectivity index (χ1n) is 11.7. The minimum atomic E-state index is -0.248. The first-order valence-corrected chi connectivity index (χ1v) is 11.7. The second kappa shape index (κ2) is 9.97. The van der Waals surface area contributed by atoms with E-state index >= 15 is 0 Å². The van der Waals surface area contributed by atoms with E-state index in [4.69, 9.17) is 9.72 Å². The van der Waals surface area contributed by atoms with E-state index < -0.39 is 0 Å². The average molecular weight is 467 g/mol. The SMILES string of the molecule is Cc1ccc(Oc2cc(C)nc([C@H]3CCCCN3C(=O)c3cccc(-c4cncnc4)n3)n2)cc1. The van der Waals surface area contributed by atoms with Gasteiger partial charge in [0.25, 0.3) is 5.91 Å². The molecule has 1 saturated heterocycles. The van der Waals surface area contributed by atoms with Crippen molar-refractivity contribution in [2.75, 3.05) is 6.54 Å². The summed E-state index contributed by atoms with van der Waals surface area (Å²) in [6.45, 7) is 4.56. The van der Waals surface area contributed by atoms with Crippen molar-refractivity contribution < 1.29 is 9.53 Å². The molecule has 0 radical (unpaired) electrons. The zero-order valence-electron chi connectivity index (χ0n) is 19.8. The number of benzene rings is 1. The number of hydrogen-bond donors (Lipinski definition) is 0. The molecule has 0 aliphatic carbocycles. The minimum absolute atomic E-state index is 0.139. The molecule has 0 spiro atoms. The largest absolute Gasteiger partial charge is 0.439 e. The molecule has 0 unspecified atom stereocenters. The summed E-state index contributed by atoms with van der Waals surface area (Å²) in [5, 5.41) is 0. The lowest BCUT2D eigenvalue weighted by atomic mass is 10.0. The van der Waals surface area contributed by atoms with Crippen LogP contribution in [0.2, 0.25) is 0 Å². The number of rotatable bonds is 5. The Morgan fingerprint density at radius 2 is 1.77 bits per heavy atom. The molecule has 4 heterocycles. The average Bonchev–Trinajstić information content (AvgIpc) is 2.90. The topological polar surface area (TPSA) is 94.0 Å². The van der Waals surface area contributed by atoms with E-state index in [-0.39, 0.29) is 11.9 Å². The summed E-state index contributed by atoms with van der Waals surface area (Å²) >= 11 is 0. The number of likely N-dealkylation sites (tertiary alicyclic amines) is 1. The van der Waals surface area contributed by atoms with Crippen molar-refractivity contribution in [2.45, 2.75) is 39.2 Å². The number of aromatic nitrogens is 5. The molecule has 1 atom stereocenters. The van der Waals surface area contributed by atoms with Crippen LogP contribution in [-0.4, -0.2) is 42.3 Å². The zero-order chi connectivity index (χ0) is 24.2. The highest BCUT2D eigenvalue weighted by atomic mass is 16.5. The van der Waals surface area contributed by atoms with Crippen molar-refractivity contribution in [1.29, 1.82) is 0 Å². The van der Waals surface area contributed by atoms with Crippen LogP contribution in [-0.2, 0) is 0 Å². The Labute approximate surface area is 204 Å². The predicted molar refractivity (Wildman–Crippen MR) is 131 cm³/mol. The van der Waals surface area contributed by atoms with Crippen LogP contribution >= 0.6 is 0 Å². The van der Waals surface area contributed by atoms with Crippen LogP contribution in [0.15, 0.2) is 67.3 Å². The molecular formula is C27H26N6O2. The summed E-state index contributed by atoms with van der Waals surface area (Å²) in [5.74, 6) is 1.63. The summed E-state index contributed by atoms with van der Waals surface area (Å²) in [6, 6.07) is 14.8. The number of pyridine rings is 1. The molecule has 0 saturated carbocycles. The number of amides is 1. The Morgan fingerprint density at radius 1 is 0.971 bits per heavy atom. The second-order valence-electron chi connectivity index (χ2n) is 8.67. The van der Waals surface area contributed by atoms with Gasteiger partial charge in [-0.2, -0.15) is 4.98 Å². The number of carbonyl (C=O) groups is 1. The lowest BCUT2D eigenvalue weighted by Gasteiger charge is -2.34. The molecule has 8 nitrogen and oxygen atoms in total. The van der Waals surface area contributed by atoms with Gasteiger partial charge in [-0.3, -0.25) is 4.79 Å². The van der Waals surface area contributed by atoms with E-state index in [1.807, 2.05) is 61.2 Å². The molecular weight excluding hydrogens is 440 g/mol. The van der Waals surface area contributed by atoms with Crippen LogP contribution in [0.5, 0.6) is 11.6 Å². The first-order chi connectivity index (χ1) is 17.1. The number of carbonyl (C=O) groups excluding carboxylic acids is 1. The molecule has 8 heteroatoms. The summed E-state index contributed by atoms with van der Waals surface area (Å²) in [7, 11) is 0. The fourth-order valence-corrected chi connectivity index (χ4v) is 4.23. The Kier molecular flexibility index (Phi) is 6.43. The summed E-state index contributed by atoms with van der Waals surface area (Å²) in [4.78, 5) is 37.5. The number of aryl methyl sites for hydroxylation is 2. The number of ether oxygens (including phenoxy) is 1. The van der Waals surface area contributed by atoms with Crippen molar-refractivity contribution in [3.05, 3.63) is 90.0 Å². The van der Waals surface area contributed by atoms with Gasteiger partial charge in [-0.1, -0.05) is 23.8 Å². The van der Waals surface area contributed by atoms with Gasteiger partial charge in [-0.25, -0.2) is 19.9 Å². The highest BCUT2D eigenvalue weighted by Crippen LogP contribution is 2.32. The molecule has 1 aromatic carbocycles. The van der Waals surface area contributed by atoms with E-state index in [0.717, 1.165) is 36.1 Å². The third-order valence-corrected chi connectivity index (χ3v) is 5.98. The quantitative estimate of drug-likeness (QED) is 0.404. The lowest BCUT2D eigenvalue weighted by molar-refractivity contribution is 0.0592. The molecule has 1 aliphatic heterocycles. The van der Waals surface area contributed by atoms with Crippen LogP contribution < -0.4 is 4.74 Å². The highest BCUT2D eigenvalue weighted by Gasteiger charge is 2.32. The number of piperidine rings is 1. The van der Waals surface area contributed by atoms with Crippen LogP contribution in [0.4, 0.5) is 0 Å². The predicted octanol–water partition coefficient (Wildman–Crippen LogP) is 5.11. The van der Waals surface area contributed by atoms with Gasteiger partial charge in [0.2, 0.25) is 5.88 Å². The molecule has 1 amide bonds. The maximum atomic E-state index is 13.6. The van der Waals surface area contributed by atoms with Gasteiger partial charge in [0, 0.05) is 36.3 Å². The van der Waals surface area contributed by atoms with E-state index in [2.05, 4.69) is 19.9 Å².